The van der Waals surface area contributed by atoms with E-state index in [0.717, 1.165) is 6.16 Å². The molecule has 2 nitrogen and oxygen atoms in total. The summed E-state index contributed by atoms with van der Waals surface area (Å²) in [6.45, 7) is 6.12. The zero-order chi connectivity index (χ0) is 28.7. The molecule has 0 heterocycles. The van der Waals surface area contributed by atoms with E-state index in [-0.39, 0.29) is 10.8 Å². The van der Waals surface area contributed by atoms with Crippen molar-refractivity contribution in [2.45, 2.75) is 31.6 Å². The maximum absolute atomic E-state index is 13.7. The first-order valence-electron chi connectivity index (χ1n) is 14.0. The fourth-order valence-corrected chi connectivity index (χ4v) is 10.7. The van der Waals surface area contributed by atoms with Gasteiger partial charge in [0.2, 0.25) is 0 Å². The van der Waals surface area contributed by atoms with E-state index in [1.807, 2.05) is 20.8 Å². The van der Waals surface area contributed by atoms with Gasteiger partial charge in [0, 0.05) is 6.04 Å². The monoisotopic (exact) mass is 593 g/mol. The van der Waals surface area contributed by atoms with Crippen LogP contribution in [0, 0.1) is 0 Å². The number of hydrogen-bond donors (Lipinski definition) is 1. The van der Waals surface area contributed by atoms with E-state index in [1.54, 1.807) is 0 Å². The first kappa shape index (κ1) is 29.6. The van der Waals surface area contributed by atoms with Crippen LogP contribution >= 0.6 is 15.8 Å². The van der Waals surface area contributed by atoms with Crippen molar-refractivity contribution >= 4 is 53.4 Å². The van der Waals surface area contributed by atoms with Gasteiger partial charge in [-0.25, -0.2) is 8.93 Å². The predicted octanol–water partition coefficient (Wildman–Crippen LogP) is 6.67. The molecule has 0 fully saturated rings. The van der Waals surface area contributed by atoms with Crippen LogP contribution in [0.4, 0.5) is 0 Å². The van der Waals surface area contributed by atoms with Crippen LogP contribution in [0.3, 0.4) is 0 Å². The molecule has 208 valence electrons. The van der Waals surface area contributed by atoms with Gasteiger partial charge in [-0.15, -0.1) is 0 Å². The molecule has 0 amide bonds. The van der Waals surface area contributed by atoms with Crippen molar-refractivity contribution < 1.29 is 4.21 Å². The fourth-order valence-electron chi connectivity index (χ4n) is 4.83. The van der Waals surface area contributed by atoms with Gasteiger partial charge in [0.15, 0.2) is 0 Å². The molecule has 0 aliphatic carbocycles. The number of hydrogen-bond acceptors (Lipinski definition) is 1. The fraction of sp³-hybridized carbons (Fsp3) is 0.167. The molecule has 0 bridgehead atoms. The van der Waals surface area contributed by atoms with Gasteiger partial charge in [-0.3, -0.25) is 0 Å². The Hall–Kier alpha value is -2.93. The SMILES string of the molecule is CC(C)(C)[S@@](=O)NC(CP(c1ccccc1)c1ccccc1)c1ccccc1P(c1ccccc1)c1ccccc1. The second kappa shape index (κ2) is 13.8. The molecule has 5 aromatic carbocycles. The predicted molar refractivity (Wildman–Crippen MR) is 183 cm³/mol. The summed E-state index contributed by atoms with van der Waals surface area (Å²) in [5.74, 6) is 0. The average Bonchev–Trinajstić information content (AvgIpc) is 3.01. The normalized spacial score (nSPS) is 13.3. The smallest absolute Gasteiger partial charge is 0.0976 e. The summed E-state index contributed by atoms with van der Waals surface area (Å²) in [4.78, 5) is 0. The molecule has 41 heavy (non-hydrogen) atoms. The molecule has 0 aromatic heterocycles. The molecule has 0 saturated heterocycles. The number of nitrogens with one attached hydrogen (secondary N) is 1. The summed E-state index contributed by atoms with van der Waals surface area (Å²) < 4.78 is 17.0. The molecule has 1 N–H and O–H groups in total. The van der Waals surface area contributed by atoms with Gasteiger partial charge < -0.3 is 0 Å². The van der Waals surface area contributed by atoms with Gasteiger partial charge in [-0.05, 0) is 74.9 Å². The topological polar surface area (TPSA) is 29.1 Å². The highest BCUT2D eigenvalue weighted by molar-refractivity contribution is 7.84. The first-order valence-corrected chi connectivity index (χ1v) is 18.0. The van der Waals surface area contributed by atoms with E-state index >= 15 is 0 Å². The maximum Gasteiger partial charge on any atom is 0.0976 e. The molecule has 5 rings (SSSR count). The van der Waals surface area contributed by atoms with Crippen molar-refractivity contribution in [3.63, 3.8) is 0 Å². The quantitative estimate of drug-likeness (QED) is 0.180. The lowest BCUT2D eigenvalue weighted by Crippen LogP contribution is -2.39. The largest absolute Gasteiger partial charge is 0.242 e. The Bertz CT molecular complexity index is 1460. The zero-order valence-electron chi connectivity index (χ0n) is 23.9. The van der Waals surface area contributed by atoms with Crippen LogP contribution in [0.25, 0.3) is 0 Å². The second-order valence-corrected chi connectivity index (χ2v) is 17.3. The Balaban J connectivity index is 1.66. The van der Waals surface area contributed by atoms with E-state index in [9.17, 15) is 4.21 Å². The molecule has 0 aliphatic rings. The zero-order valence-corrected chi connectivity index (χ0v) is 26.5. The third kappa shape index (κ3) is 7.48. The Kier molecular flexibility index (Phi) is 9.97. The van der Waals surface area contributed by atoms with Crippen LogP contribution in [-0.2, 0) is 11.0 Å². The Morgan fingerprint density at radius 2 is 0.976 bits per heavy atom. The molecule has 0 radical (unpaired) electrons. The summed E-state index contributed by atoms with van der Waals surface area (Å²) in [7, 11) is -2.77. The molecular weight excluding hydrogens is 556 g/mol. The van der Waals surface area contributed by atoms with Crippen molar-refractivity contribution in [1.82, 2.24) is 4.72 Å². The third-order valence-electron chi connectivity index (χ3n) is 6.89. The molecule has 5 aromatic rings. The van der Waals surface area contributed by atoms with E-state index < -0.39 is 26.8 Å². The summed E-state index contributed by atoms with van der Waals surface area (Å²) >= 11 is 0. The van der Waals surface area contributed by atoms with Crippen LogP contribution in [0.1, 0.15) is 32.4 Å². The highest BCUT2D eigenvalue weighted by Crippen LogP contribution is 2.41. The standard InChI is InChI=1S/C36H37NOP2S/c1-36(2,3)41(38)37-34(28-39(29-18-8-4-9-19-29)30-20-10-5-11-21-30)33-26-16-17-27-35(33)40(31-22-12-6-13-23-31)32-24-14-7-15-25-32/h4-27,34,37H,28H2,1-3H3/t34?,41-/m1/s1. The minimum Gasteiger partial charge on any atom is -0.242 e. The second-order valence-electron chi connectivity index (χ2n) is 10.9. The van der Waals surface area contributed by atoms with Crippen molar-refractivity contribution in [2.24, 2.45) is 0 Å². The van der Waals surface area contributed by atoms with Gasteiger partial charge in [0.1, 0.15) is 0 Å². The lowest BCUT2D eigenvalue weighted by molar-refractivity contribution is 0.618. The Labute approximate surface area is 250 Å². The molecular formula is C36H37NOP2S. The summed E-state index contributed by atoms with van der Waals surface area (Å²) in [5, 5.41) is 6.58. The van der Waals surface area contributed by atoms with Crippen molar-refractivity contribution in [2.75, 3.05) is 6.16 Å². The summed E-state index contributed by atoms with van der Waals surface area (Å²) in [6, 6.07) is 52.0. The lowest BCUT2D eigenvalue weighted by Gasteiger charge is -2.31. The summed E-state index contributed by atoms with van der Waals surface area (Å²) in [6.07, 6.45) is 0.842. The summed E-state index contributed by atoms with van der Waals surface area (Å²) in [5.41, 5.74) is 1.23. The van der Waals surface area contributed by atoms with Crippen LogP contribution in [0.15, 0.2) is 146 Å². The van der Waals surface area contributed by atoms with Crippen molar-refractivity contribution in [3.05, 3.63) is 151 Å². The Morgan fingerprint density at radius 1 is 0.585 bits per heavy atom. The van der Waals surface area contributed by atoms with E-state index in [0.29, 0.717) is 0 Å². The van der Waals surface area contributed by atoms with Crippen molar-refractivity contribution in [3.8, 4) is 0 Å². The average molecular weight is 594 g/mol. The van der Waals surface area contributed by atoms with E-state index in [4.69, 9.17) is 0 Å². The van der Waals surface area contributed by atoms with Gasteiger partial charge in [0.25, 0.3) is 0 Å². The van der Waals surface area contributed by atoms with Crippen molar-refractivity contribution in [1.29, 1.82) is 0 Å². The van der Waals surface area contributed by atoms with Crippen LogP contribution < -0.4 is 31.2 Å². The van der Waals surface area contributed by atoms with Gasteiger partial charge in [-0.2, -0.15) is 0 Å². The lowest BCUT2D eigenvalue weighted by atomic mass is 10.1. The van der Waals surface area contributed by atoms with Gasteiger partial charge >= 0.3 is 0 Å². The van der Waals surface area contributed by atoms with Crippen LogP contribution in [-0.4, -0.2) is 15.1 Å². The highest BCUT2D eigenvalue weighted by Gasteiger charge is 2.30. The number of rotatable bonds is 10. The minimum atomic E-state index is -1.24. The van der Waals surface area contributed by atoms with E-state index in [1.165, 1.54) is 32.1 Å². The molecule has 5 heteroatoms. The van der Waals surface area contributed by atoms with Crippen LogP contribution in [0.5, 0.6) is 0 Å². The molecule has 0 aliphatic heterocycles. The van der Waals surface area contributed by atoms with Crippen LogP contribution in [0.2, 0.25) is 0 Å². The van der Waals surface area contributed by atoms with E-state index in [2.05, 4.69) is 150 Å². The molecule has 0 saturated carbocycles. The first-order chi connectivity index (χ1) is 19.9. The van der Waals surface area contributed by atoms with Gasteiger partial charge in [-0.1, -0.05) is 146 Å². The Morgan fingerprint density at radius 3 is 1.41 bits per heavy atom. The number of benzene rings is 5. The molecule has 1 unspecified atom stereocenters. The minimum absolute atomic E-state index is 0.102. The molecule has 0 spiro atoms. The highest BCUT2D eigenvalue weighted by atomic mass is 32.2. The van der Waals surface area contributed by atoms with Gasteiger partial charge in [0.05, 0.1) is 15.7 Å². The maximum atomic E-state index is 13.7. The molecule has 2 atom stereocenters. The third-order valence-corrected chi connectivity index (χ3v) is 13.6.